The largest absolute Gasteiger partial charge is 0.483 e. The van der Waals surface area contributed by atoms with Crippen molar-refractivity contribution in [3.63, 3.8) is 0 Å². The number of hydrogen-bond acceptors (Lipinski definition) is 3. The van der Waals surface area contributed by atoms with Crippen LogP contribution >= 0.6 is 0 Å². The summed E-state index contributed by atoms with van der Waals surface area (Å²) in [6.45, 7) is 4.02. The molecule has 126 valence electrons. The van der Waals surface area contributed by atoms with Gasteiger partial charge >= 0.3 is 0 Å². The van der Waals surface area contributed by atoms with Gasteiger partial charge in [-0.05, 0) is 73.6 Å². The molecule has 1 aliphatic carbocycles. The number of ether oxygens (including phenoxy) is 1. The third kappa shape index (κ3) is 3.70. The topological polar surface area (TPSA) is 64.3 Å². The maximum atomic E-state index is 12.3. The lowest BCUT2D eigenvalue weighted by molar-refractivity contribution is -0.124. The van der Waals surface area contributed by atoms with E-state index in [0.717, 1.165) is 41.8 Å². The molecular formula is C20H24N2O2. The van der Waals surface area contributed by atoms with Crippen LogP contribution in [0.2, 0.25) is 0 Å². The van der Waals surface area contributed by atoms with Gasteiger partial charge < -0.3 is 15.8 Å². The minimum atomic E-state index is -0.0921. The molecule has 0 radical (unpaired) electrons. The number of rotatable bonds is 4. The second-order valence-electron chi connectivity index (χ2n) is 6.53. The van der Waals surface area contributed by atoms with Gasteiger partial charge in [0.2, 0.25) is 0 Å². The van der Waals surface area contributed by atoms with Gasteiger partial charge in [-0.1, -0.05) is 18.2 Å². The quantitative estimate of drug-likeness (QED) is 0.847. The van der Waals surface area contributed by atoms with Crippen LogP contribution in [-0.2, 0) is 11.2 Å². The molecule has 1 atom stereocenters. The van der Waals surface area contributed by atoms with Crippen LogP contribution in [0.1, 0.15) is 41.1 Å². The van der Waals surface area contributed by atoms with Gasteiger partial charge in [0.25, 0.3) is 5.91 Å². The van der Waals surface area contributed by atoms with Crippen LogP contribution in [0.15, 0.2) is 36.4 Å². The van der Waals surface area contributed by atoms with Gasteiger partial charge in [0, 0.05) is 5.69 Å². The molecule has 0 saturated heterocycles. The fraction of sp³-hybridized carbons (Fsp3) is 0.350. The standard InChI is InChI=1S/C20H24N2O2/c1-13-6-7-14(2)19(10-13)24-12-20(23)22-18-5-3-4-15-11-16(21)8-9-17(15)18/h6-11,18H,3-5,12,21H2,1-2H3,(H,22,23). The highest BCUT2D eigenvalue weighted by Crippen LogP contribution is 2.31. The molecule has 0 saturated carbocycles. The smallest absolute Gasteiger partial charge is 0.258 e. The van der Waals surface area contributed by atoms with Gasteiger partial charge in [0.05, 0.1) is 6.04 Å². The zero-order valence-electron chi connectivity index (χ0n) is 14.3. The van der Waals surface area contributed by atoms with Crippen LogP contribution in [-0.4, -0.2) is 12.5 Å². The van der Waals surface area contributed by atoms with Crippen molar-refractivity contribution < 1.29 is 9.53 Å². The molecular weight excluding hydrogens is 300 g/mol. The summed E-state index contributed by atoms with van der Waals surface area (Å²) in [4.78, 5) is 12.3. The van der Waals surface area contributed by atoms with E-state index in [1.807, 2.05) is 50.2 Å². The number of anilines is 1. The zero-order chi connectivity index (χ0) is 17.1. The first-order chi connectivity index (χ1) is 11.5. The van der Waals surface area contributed by atoms with Crippen molar-refractivity contribution in [2.75, 3.05) is 12.3 Å². The number of carbonyl (C=O) groups excluding carboxylic acids is 1. The Labute approximate surface area is 143 Å². The summed E-state index contributed by atoms with van der Waals surface area (Å²) in [5.41, 5.74) is 11.2. The highest BCUT2D eigenvalue weighted by Gasteiger charge is 2.22. The first-order valence-electron chi connectivity index (χ1n) is 8.40. The van der Waals surface area contributed by atoms with Crippen molar-refractivity contribution in [2.45, 2.75) is 39.2 Å². The third-order valence-corrected chi connectivity index (χ3v) is 4.52. The molecule has 1 aliphatic rings. The summed E-state index contributed by atoms with van der Waals surface area (Å²) in [6, 6.07) is 12.0. The maximum absolute atomic E-state index is 12.3. The van der Waals surface area contributed by atoms with Crippen LogP contribution in [0, 0.1) is 13.8 Å². The summed E-state index contributed by atoms with van der Waals surface area (Å²) < 4.78 is 5.70. The number of amides is 1. The van der Waals surface area contributed by atoms with Crippen molar-refractivity contribution in [3.8, 4) is 5.75 Å². The van der Waals surface area contributed by atoms with Crippen LogP contribution in [0.4, 0.5) is 5.69 Å². The van der Waals surface area contributed by atoms with Gasteiger partial charge in [-0.3, -0.25) is 4.79 Å². The maximum Gasteiger partial charge on any atom is 0.258 e. The molecule has 4 nitrogen and oxygen atoms in total. The predicted molar refractivity (Wildman–Crippen MR) is 96.1 cm³/mol. The molecule has 0 spiro atoms. The van der Waals surface area contributed by atoms with Crippen LogP contribution in [0.25, 0.3) is 0 Å². The Balaban J connectivity index is 1.63. The lowest BCUT2D eigenvalue weighted by Crippen LogP contribution is -2.34. The van der Waals surface area contributed by atoms with Crippen LogP contribution < -0.4 is 15.8 Å². The molecule has 0 fully saturated rings. The number of hydrogen-bond donors (Lipinski definition) is 2. The van der Waals surface area contributed by atoms with Crippen LogP contribution in [0.3, 0.4) is 0 Å². The average Bonchev–Trinajstić information content (AvgIpc) is 2.55. The Hall–Kier alpha value is -2.49. The van der Waals surface area contributed by atoms with E-state index >= 15 is 0 Å². The highest BCUT2D eigenvalue weighted by molar-refractivity contribution is 5.78. The van der Waals surface area contributed by atoms with E-state index in [1.165, 1.54) is 11.1 Å². The second-order valence-corrected chi connectivity index (χ2v) is 6.53. The van der Waals surface area contributed by atoms with Gasteiger partial charge in [-0.25, -0.2) is 0 Å². The Morgan fingerprint density at radius 3 is 2.92 bits per heavy atom. The number of nitrogens with two attached hydrogens (primary N) is 1. The van der Waals surface area contributed by atoms with Crippen LogP contribution in [0.5, 0.6) is 5.75 Å². The summed E-state index contributed by atoms with van der Waals surface area (Å²) in [6.07, 6.45) is 3.02. The Kier molecular flexibility index (Phi) is 4.74. The minimum absolute atomic E-state index is 0.0328. The van der Waals surface area contributed by atoms with Crippen molar-refractivity contribution in [1.82, 2.24) is 5.32 Å². The van der Waals surface area contributed by atoms with E-state index in [2.05, 4.69) is 5.32 Å². The van der Waals surface area contributed by atoms with Crippen molar-refractivity contribution in [2.24, 2.45) is 0 Å². The number of nitrogen functional groups attached to an aromatic ring is 1. The number of carbonyl (C=O) groups is 1. The van der Waals surface area contributed by atoms with Gasteiger partial charge in [-0.2, -0.15) is 0 Å². The predicted octanol–water partition coefficient (Wildman–Crippen LogP) is 3.46. The SMILES string of the molecule is Cc1ccc(C)c(OCC(=O)NC2CCCc3cc(N)ccc32)c1. The van der Waals surface area contributed by atoms with E-state index in [0.29, 0.717) is 0 Å². The number of fused-ring (bicyclic) bond motifs is 1. The second kappa shape index (κ2) is 6.95. The molecule has 1 unspecified atom stereocenters. The Morgan fingerprint density at radius 1 is 1.25 bits per heavy atom. The van der Waals surface area contributed by atoms with Crippen molar-refractivity contribution in [1.29, 1.82) is 0 Å². The zero-order valence-corrected chi connectivity index (χ0v) is 14.3. The minimum Gasteiger partial charge on any atom is -0.483 e. The molecule has 0 aromatic heterocycles. The fourth-order valence-electron chi connectivity index (χ4n) is 3.23. The van der Waals surface area contributed by atoms with Gasteiger partial charge in [-0.15, -0.1) is 0 Å². The van der Waals surface area contributed by atoms with Crippen molar-refractivity contribution >= 4 is 11.6 Å². The van der Waals surface area contributed by atoms with Gasteiger partial charge in [0.15, 0.2) is 6.61 Å². The van der Waals surface area contributed by atoms with E-state index in [-0.39, 0.29) is 18.6 Å². The molecule has 1 amide bonds. The van der Waals surface area contributed by atoms with E-state index in [9.17, 15) is 4.79 Å². The van der Waals surface area contributed by atoms with Gasteiger partial charge in [0.1, 0.15) is 5.75 Å². The molecule has 4 heteroatoms. The molecule has 0 heterocycles. The third-order valence-electron chi connectivity index (χ3n) is 4.52. The lowest BCUT2D eigenvalue weighted by Gasteiger charge is -2.26. The summed E-state index contributed by atoms with van der Waals surface area (Å²) >= 11 is 0. The summed E-state index contributed by atoms with van der Waals surface area (Å²) in [7, 11) is 0. The fourth-order valence-corrected chi connectivity index (χ4v) is 3.23. The first-order valence-corrected chi connectivity index (χ1v) is 8.40. The van der Waals surface area contributed by atoms with E-state index in [4.69, 9.17) is 10.5 Å². The molecule has 2 aromatic rings. The lowest BCUT2D eigenvalue weighted by atomic mass is 9.87. The molecule has 0 aliphatic heterocycles. The Bertz CT molecular complexity index is 755. The molecule has 2 aromatic carbocycles. The Morgan fingerprint density at radius 2 is 2.08 bits per heavy atom. The first kappa shape index (κ1) is 16.4. The van der Waals surface area contributed by atoms with E-state index in [1.54, 1.807) is 0 Å². The molecule has 3 rings (SSSR count). The summed E-state index contributed by atoms with van der Waals surface area (Å²) in [5.74, 6) is 0.674. The number of benzene rings is 2. The summed E-state index contributed by atoms with van der Waals surface area (Å²) in [5, 5.41) is 3.09. The monoisotopic (exact) mass is 324 g/mol. The highest BCUT2D eigenvalue weighted by atomic mass is 16.5. The van der Waals surface area contributed by atoms with Crippen molar-refractivity contribution in [3.05, 3.63) is 58.7 Å². The molecule has 0 bridgehead atoms. The normalized spacial score (nSPS) is 16.3. The average molecular weight is 324 g/mol. The number of nitrogens with one attached hydrogen (secondary N) is 1. The molecule has 24 heavy (non-hydrogen) atoms. The number of aryl methyl sites for hydroxylation is 3. The molecule has 3 N–H and O–H groups in total. The van der Waals surface area contributed by atoms with E-state index < -0.39 is 0 Å².